The van der Waals surface area contributed by atoms with Crippen molar-refractivity contribution in [2.75, 3.05) is 13.6 Å². The molecule has 0 amide bonds. The molecule has 0 heterocycles. The molecule has 2 rings (SSSR count). The molecule has 1 N–H and O–H groups in total. The molecule has 1 nitrogen and oxygen atoms in total. The van der Waals surface area contributed by atoms with Gasteiger partial charge < -0.3 is 5.32 Å². The predicted octanol–water partition coefficient (Wildman–Crippen LogP) is 4.40. The van der Waals surface area contributed by atoms with E-state index in [4.69, 9.17) is 0 Å². The third-order valence-electron chi connectivity index (χ3n) is 4.02. The van der Waals surface area contributed by atoms with Gasteiger partial charge in [0, 0.05) is 0 Å². The van der Waals surface area contributed by atoms with E-state index < -0.39 is 0 Å². The van der Waals surface area contributed by atoms with Gasteiger partial charge in [-0.2, -0.15) is 0 Å². The third-order valence-corrected chi connectivity index (χ3v) is 4.02. The predicted molar refractivity (Wildman–Crippen MR) is 91.7 cm³/mol. The van der Waals surface area contributed by atoms with Gasteiger partial charge >= 0.3 is 0 Å². The van der Waals surface area contributed by atoms with Crippen molar-refractivity contribution in [3.05, 3.63) is 71.3 Å². The first-order chi connectivity index (χ1) is 10.3. The second-order valence-corrected chi connectivity index (χ2v) is 5.99. The van der Waals surface area contributed by atoms with E-state index in [1.54, 1.807) is 0 Å². The van der Waals surface area contributed by atoms with Crippen molar-refractivity contribution < 1.29 is 0 Å². The molecule has 0 aliphatic rings. The van der Waals surface area contributed by atoms with Crippen LogP contribution in [0.3, 0.4) is 0 Å². The van der Waals surface area contributed by atoms with E-state index in [1.807, 2.05) is 0 Å². The van der Waals surface area contributed by atoms with Crippen LogP contribution >= 0.6 is 0 Å². The van der Waals surface area contributed by atoms with E-state index in [-0.39, 0.29) is 0 Å². The minimum atomic E-state index is 0.723. The molecule has 112 valence electrons. The highest BCUT2D eigenvalue weighted by atomic mass is 14.8. The third kappa shape index (κ3) is 5.73. The first-order valence-electron chi connectivity index (χ1n) is 8.02. The molecule has 0 aliphatic heterocycles. The van der Waals surface area contributed by atoms with Crippen LogP contribution in [-0.2, 0) is 12.8 Å². The lowest BCUT2D eigenvalue weighted by Gasteiger charge is -2.17. The van der Waals surface area contributed by atoms with Gasteiger partial charge in [0.05, 0.1) is 0 Å². The van der Waals surface area contributed by atoms with E-state index in [0.717, 1.165) is 12.5 Å². The van der Waals surface area contributed by atoms with Crippen molar-refractivity contribution in [2.45, 2.75) is 32.6 Å². The molecule has 21 heavy (non-hydrogen) atoms. The molecule has 1 unspecified atom stereocenters. The summed E-state index contributed by atoms with van der Waals surface area (Å²) >= 11 is 0. The van der Waals surface area contributed by atoms with Gasteiger partial charge in [-0.3, -0.25) is 0 Å². The Morgan fingerprint density at radius 1 is 0.952 bits per heavy atom. The quantitative estimate of drug-likeness (QED) is 0.756. The molecule has 0 fully saturated rings. The highest BCUT2D eigenvalue weighted by Gasteiger charge is 2.09. The number of hydrogen-bond donors (Lipinski definition) is 1. The lowest BCUT2D eigenvalue weighted by molar-refractivity contribution is 0.446. The van der Waals surface area contributed by atoms with Gasteiger partial charge in [-0.15, -0.1) is 0 Å². The standard InChI is InChI=1S/C20H27N/c1-17-8-6-12-19(14-17)15-20(16-21-2)13-7-11-18-9-4-3-5-10-18/h3-6,8-10,12,14,20-21H,7,11,13,15-16H2,1-2H3. The average Bonchev–Trinajstić information content (AvgIpc) is 2.48. The smallest absolute Gasteiger partial charge is 0.00203 e. The van der Waals surface area contributed by atoms with Crippen LogP contribution in [0, 0.1) is 12.8 Å². The Morgan fingerprint density at radius 3 is 2.43 bits per heavy atom. The Bertz CT molecular complexity index is 518. The summed E-state index contributed by atoms with van der Waals surface area (Å²) in [4.78, 5) is 0. The summed E-state index contributed by atoms with van der Waals surface area (Å²) in [5.41, 5.74) is 4.28. The van der Waals surface area contributed by atoms with Crippen LogP contribution in [0.5, 0.6) is 0 Å². The number of rotatable bonds is 8. The lowest BCUT2D eigenvalue weighted by Crippen LogP contribution is -2.21. The molecular weight excluding hydrogens is 254 g/mol. The zero-order valence-electron chi connectivity index (χ0n) is 13.3. The van der Waals surface area contributed by atoms with Crippen molar-refractivity contribution in [2.24, 2.45) is 5.92 Å². The van der Waals surface area contributed by atoms with Gasteiger partial charge in [-0.05, 0) is 63.2 Å². The van der Waals surface area contributed by atoms with E-state index in [0.29, 0.717) is 0 Å². The van der Waals surface area contributed by atoms with E-state index >= 15 is 0 Å². The summed E-state index contributed by atoms with van der Waals surface area (Å²) < 4.78 is 0. The van der Waals surface area contributed by atoms with Crippen molar-refractivity contribution >= 4 is 0 Å². The Hall–Kier alpha value is -1.60. The highest BCUT2D eigenvalue weighted by Crippen LogP contribution is 2.16. The zero-order chi connectivity index (χ0) is 14.9. The maximum atomic E-state index is 3.35. The molecular formula is C20H27N. The fourth-order valence-corrected chi connectivity index (χ4v) is 2.98. The van der Waals surface area contributed by atoms with E-state index in [2.05, 4.69) is 73.9 Å². The van der Waals surface area contributed by atoms with Gasteiger partial charge in [0.25, 0.3) is 0 Å². The molecule has 0 aromatic heterocycles. The fourth-order valence-electron chi connectivity index (χ4n) is 2.98. The molecule has 2 aromatic rings. The molecule has 1 heteroatoms. The molecule has 1 atom stereocenters. The zero-order valence-corrected chi connectivity index (χ0v) is 13.3. The molecule has 0 saturated carbocycles. The average molecular weight is 281 g/mol. The number of nitrogens with one attached hydrogen (secondary N) is 1. The largest absolute Gasteiger partial charge is 0.319 e. The summed E-state index contributed by atoms with van der Waals surface area (Å²) in [6, 6.07) is 19.7. The van der Waals surface area contributed by atoms with Crippen LogP contribution < -0.4 is 5.32 Å². The Labute approximate surface area is 129 Å². The molecule has 2 aromatic carbocycles. The van der Waals surface area contributed by atoms with Gasteiger partial charge in [0.2, 0.25) is 0 Å². The lowest BCUT2D eigenvalue weighted by atomic mass is 9.92. The van der Waals surface area contributed by atoms with Crippen LogP contribution in [0.1, 0.15) is 29.5 Å². The summed E-state index contributed by atoms with van der Waals surface area (Å²) in [6.07, 6.45) is 4.91. The van der Waals surface area contributed by atoms with E-state index in [9.17, 15) is 0 Å². The van der Waals surface area contributed by atoms with Crippen LogP contribution in [0.15, 0.2) is 54.6 Å². The molecule has 0 bridgehead atoms. The first kappa shape index (κ1) is 15.8. The molecule has 0 spiro atoms. The van der Waals surface area contributed by atoms with Gasteiger partial charge in [0.15, 0.2) is 0 Å². The minimum absolute atomic E-state index is 0.723. The van der Waals surface area contributed by atoms with Crippen LogP contribution in [0.25, 0.3) is 0 Å². The van der Waals surface area contributed by atoms with Gasteiger partial charge in [0.1, 0.15) is 0 Å². The van der Waals surface area contributed by atoms with Crippen molar-refractivity contribution in [3.63, 3.8) is 0 Å². The van der Waals surface area contributed by atoms with Crippen molar-refractivity contribution in [3.8, 4) is 0 Å². The van der Waals surface area contributed by atoms with Crippen LogP contribution in [-0.4, -0.2) is 13.6 Å². The fraction of sp³-hybridized carbons (Fsp3) is 0.400. The SMILES string of the molecule is CNCC(CCCc1ccccc1)Cc1cccc(C)c1. The Morgan fingerprint density at radius 2 is 1.71 bits per heavy atom. The Kier molecular flexibility index (Phi) is 6.49. The van der Waals surface area contributed by atoms with Crippen molar-refractivity contribution in [1.82, 2.24) is 5.32 Å². The molecule has 0 saturated heterocycles. The molecule has 0 radical (unpaired) electrons. The summed E-state index contributed by atoms with van der Waals surface area (Å²) in [7, 11) is 2.06. The summed E-state index contributed by atoms with van der Waals surface area (Å²) in [5.74, 6) is 0.723. The topological polar surface area (TPSA) is 12.0 Å². The van der Waals surface area contributed by atoms with E-state index in [1.165, 1.54) is 42.4 Å². The number of aryl methyl sites for hydroxylation is 2. The number of benzene rings is 2. The normalized spacial score (nSPS) is 12.3. The van der Waals surface area contributed by atoms with Crippen molar-refractivity contribution in [1.29, 1.82) is 0 Å². The van der Waals surface area contributed by atoms with Gasteiger partial charge in [-0.25, -0.2) is 0 Å². The summed E-state index contributed by atoms with van der Waals surface area (Å²) in [5, 5.41) is 3.35. The maximum absolute atomic E-state index is 3.35. The van der Waals surface area contributed by atoms with Crippen LogP contribution in [0.4, 0.5) is 0 Å². The van der Waals surface area contributed by atoms with Gasteiger partial charge in [-0.1, -0.05) is 60.2 Å². The minimum Gasteiger partial charge on any atom is -0.319 e. The molecule has 0 aliphatic carbocycles. The number of hydrogen-bond acceptors (Lipinski definition) is 1. The second kappa shape index (κ2) is 8.63. The van der Waals surface area contributed by atoms with Crippen LogP contribution in [0.2, 0.25) is 0 Å². The monoisotopic (exact) mass is 281 g/mol. The Balaban J connectivity index is 1.84. The second-order valence-electron chi connectivity index (χ2n) is 5.99. The first-order valence-corrected chi connectivity index (χ1v) is 8.02. The maximum Gasteiger partial charge on any atom is -0.00203 e. The summed E-state index contributed by atoms with van der Waals surface area (Å²) in [6.45, 7) is 3.27. The highest BCUT2D eigenvalue weighted by molar-refractivity contribution is 5.22.